The van der Waals surface area contributed by atoms with Crippen molar-refractivity contribution in [3.8, 4) is 5.75 Å². The Morgan fingerprint density at radius 1 is 1.47 bits per heavy atom. The second-order valence-electron chi connectivity index (χ2n) is 3.77. The topological polar surface area (TPSA) is 21.3 Å². The van der Waals surface area contributed by atoms with Gasteiger partial charge in [-0.05, 0) is 38.1 Å². The molecule has 0 spiro atoms. The molecular weight excluding hydrogens is 261 g/mol. The molecule has 15 heavy (non-hydrogen) atoms. The van der Waals surface area contributed by atoms with E-state index in [4.69, 9.17) is 4.74 Å². The Hall–Kier alpha value is -0.610. The summed E-state index contributed by atoms with van der Waals surface area (Å²) in [7, 11) is 1.93. The van der Waals surface area contributed by atoms with Crippen LogP contribution >= 0.6 is 15.9 Å². The summed E-state index contributed by atoms with van der Waals surface area (Å²) in [6.45, 7) is 0. The van der Waals surface area contributed by atoms with Gasteiger partial charge in [0, 0.05) is 10.5 Å². The lowest BCUT2D eigenvalue weighted by Gasteiger charge is -2.35. The predicted molar refractivity (Wildman–Crippen MR) is 60.6 cm³/mol. The largest absolute Gasteiger partial charge is 0.487 e. The van der Waals surface area contributed by atoms with Crippen molar-refractivity contribution in [3.63, 3.8) is 0 Å². The van der Waals surface area contributed by atoms with Crippen molar-refractivity contribution in [3.05, 3.63) is 28.5 Å². The van der Waals surface area contributed by atoms with Gasteiger partial charge in [-0.15, -0.1) is 0 Å². The van der Waals surface area contributed by atoms with Crippen molar-refractivity contribution < 1.29 is 9.13 Å². The van der Waals surface area contributed by atoms with Crippen LogP contribution in [0.3, 0.4) is 0 Å². The number of rotatable bonds is 3. The van der Waals surface area contributed by atoms with Crippen molar-refractivity contribution in [2.45, 2.75) is 25.0 Å². The first-order valence-corrected chi connectivity index (χ1v) is 5.77. The zero-order chi connectivity index (χ0) is 10.8. The third kappa shape index (κ3) is 2.49. The van der Waals surface area contributed by atoms with Crippen LogP contribution in [0.5, 0.6) is 5.75 Å². The number of ether oxygens (including phenoxy) is 1. The molecule has 0 atom stereocenters. The van der Waals surface area contributed by atoms with Crippen LogP contribution in [0, 0.1) is 5.82 Å². The number of hydrogen-bond acceptors (Lipinski definition) is 2. The molecule has 0 aromatic heterocycles. The summed E-state index contributed by atoms with van der Waals surface area (Å²) in [4.78, 5) is 0. The molecule has 4 heteroatoms. The van der Waals surface area contributed by atoms with Gasteiger partial charge in [0.05, 0.1) is 0 Å². The minimum Gasteiger partial charge on any atom is -0.487 e. The van der Waals surface area contributed by atoms with Crippen LogP contribution in [-0.2, 0) is 0 Å². The van der Waals surface area contributed by atoms with E-state index in [2.05, 4.69) is 21.2 Å². The van der Waals surface area contributed by atoms with Crippen molar-refractivity contribution in [1.29, 1.82) is 0 Å². The molecular formula is C11H13BrFNO. The van der Waals surface area contributed by atoms with Gasteiger partial charge in [-0.2, -0.15) is 0 Å². The molecule has 0 bridgehead atoms. The van der Waals surface area contributed by atoms with Crippen LogP contribution < -0.4 is 10.1 Å². The molecule has 0 heterocycles. The monoisotopic (exact) mass is 273 g/mol. The molecule has 2 rings (SSSR count). The van der Waals surface area contributed by atoms with Crippen LogP contribution in [0.25, 0.3) is 0 Å². The van der Waals surface area contributed by atoms with Crippen LogP contribution in [-0.4, -0.2) is 19.2 Å². The highest BCUT2D eigenvalue weighted by atomic mass is 79.9. The molecule has 1 aromatic rings. The van der Waals surface area contributed by atoms with Gasteiger partial charge in [0.25, 0.3) is 0 Å². The zero-order valence-electron chi connectivity index (χ0n) is 8.47. The van der Waals surface area contributed by atoms with Crippen molar-refractivity contribution in [2.75, 3.05) is 7.05 Å². The first-order valence-electron chi connectivity index (χ1n) is 4.98. The summed E-state index contributed by atoms with van der Waals surface area (Å²) in [5.74, 6) is 0.0371. The van der Waals surface area contributed by atoms with E-state index < -0.39 is 0 Å². The van der Waals surface area contributed by atoms with Crippen LogP contribution in [0.2, 0.25) is 0 Å². The summed E-state index contributed by atoms with van der Waals surface area (Å²) in [6, 6.07) is 5.26. The molecule has 0 radical (unpaired) electrons. The molecule has 1 aliphatic rings. The predicted octanol–water partition coefficient (Wildman–Crippen LogP) is 2.72. The molecule has 1 N–H and O–H groups in total. The summed E-state index contributed by atoms with van der Waals surface area (Å²) in [5, 5.41) is 3.16. The van der Waals surface area contributed by atoms with Gasteiger partial charge in [0.1, 0.15) is 6.10 Å². The van der Waals surface area contributed by atoms with Gasteiger partial charge in [-0.1, -0.05) is 15.9 Å². The number of halogens is 2. The molecule has 1 aliphatic carbocycles. The maximum atomic E-state index is 13.3. The van der Waals surface area contributed by atoms with Gasteiger partial charge >= 0.3 is 0 Å². The molecule has 0 saturated heterocycles. The second-order valence-corrected chi connectivity index (χ2v) is 4.69. The summed E-state index contributed by atoms with van der Waals surface area (Å²) in [5.41, 5.74) is 0. The van der Waals surface area contributed by atoms with Gasteiger partial charge < -0.3 is 10.1 Å². The van der Waals surface area contributed by atoms with E-state index in [0.717, 1.165) is 17.3 Å². The Balaban J connectivity index is 1.97. The molecule has 1 saturated carbocycles. The second kappa shape index (κ2) is 4.49. The number of nitrogens with one attached hydrogen (secondary N) is 1. The fourth-order valence-electron chi connectivity index (χ4n) is 1.64. The van der Waals surface area contributed by atoms with Crippen molar-refractivity contribution >= 4 is 15.9 Å². The first-order chi connectivity index (χ1) is 7.19. The third-order valence-electron chi connectivity index (χ3n) is 2.69. The molecule has 0 unspecified atom stereocenters. The Morgan fingerprint density at radius 3 is 2.87 bits per heavy atom. The first kappa shape index (κ1) is 10.9. The normalized spacial score (nSPS) is 24.7. The lowest BCUT2D eigenvalue weighted by molar-refractivity contribution is 0.0843. The SMILES string of the molecule is CNC1CC(Oc2cc(Br)ccc2F)C1. The standard InChI is InChI=1S/C11H13BrFNO/c1-14-8-5-9(6-8)15-11-4-7(12)2-3-10(11)13/h2-4,8-9,14H,5-6H2,1H3. The maximum absolute atomic E-state index is 13.3. The highest BCUT2D eigenvalue weighted by Crippen LogP contribution is 2.29. The summed E-state index contributed by atoms with van der Waals surface area (Å²) in [6.07, 6.45) is 2.04. The van der Waals surface area contributed by atoms with Gasteiger partial charge in [-0.25, -0.2) is 4.39 Å². The number of benzene rings is 1. The van der Waals surface area contributed by atoms with E-state index >= 15 is 0 Å². The fraction of sp³-hybridized carbons (Fsp3) is 0.455. The Kier molecular flexibility index (Phi) is 3.26. The number of hydrogen-bond donors (Lipinski definition) is 1. The highest BCUT2D eigenvalue weighted by molar-refractivity contribution is 9.10. The van der Waals surface area contributed by atoms with E-state index in [-0.39, 0.29) is 11.9 Å². The van der Waals surface area contributed by atoms with E-state index in [1.807, 2.05) is 7.05 Å². The summed E-state index contributed by atoms with van der Waals surface area (Å²) >= 11 is 3.29. The van der Waals surface area contributed by atoms with E-state index in [1.165, 1.54) is 6.07 Å². The average Bonchev–Trinajstić information content (AvgIpc) is 2.16. The van der Waals surface area contributed by atoms with Crippen molar-refractivity contribution in [1.82, 2.24) is 5.32 Å². The zero-order valence-corrected chi connectivity index (χ0v) is 10.1. The van der Waals surface area contributed by atoms with Crippen LogP contribution in [0.1, 0.15) is 12.8 Å². The molecule has 2 nitrogen and oxygen atoms in total. The molecule has 1 fully saturated rings. The van der Waals surface area contributed by atoms with Gasteiger partial charge in [0.2, 0.25) is 0 Å². The van der Waals surface area contributed by atoms with Gasteiger partial charge in [0.15, 0.2) is 11.6 Å². The van der Waals surface area contributed by atoms with Crippen LogP contribution in [0.4, 0.5) is 4.39 Å². The Morgan fingerprint density at radius 2 is 2.20 bits per heavy atom. The smallest absolute Gasteiger partial charge is 0.165 e. The third-order valence-corrected chi connectivity index (χ3v) is 3.18. The van der Waals surface area contributed by atoms with Gasteiger partial charge in [-0.3, -0.25) is 0 Å². The van der Waals surface area contributed by atoms with Crippen molar-refractivity contribution in [2.24, 2.45) is 0 Å². The Bertz CT molecular complexity index is 352. The van der Waals surface area contributed by atoms with E-state index in [1.54, 1.807) is 12.1 Å². The molecule has 1 aromatic carbocycles. The summed E-state index contributed by atoms with van der Waals surface area (Å²) < 4.78 is 19.7. The molecule has 0 aliphatic heterocycles. The Labute approximate surface area is 96.9 Å². The lowest BCUT2D eigenvalue weighted by atomic mass is 9.89. The molecule has 0 amide bonds. The quantitative estimate of drug-likeness (QED) is 0.915. The van der Waals surface area contributed by atoms with Crippen LogP contribution in [0.15, 0.2) is 22.7 Å². The minimum atomic E-state index is -0.300. The average molecular weight is 274 g/mol. The lowest BCUT2D eigenvalue weighted by Crippen LogP contribution is -2.45. The van der Waals surface area contributed by atoms with E-state index in [0.29, 0.717) is 11.8 Å². The highest BCUT2D eigenvalue weighted by Gasteiger charge is 2.30. The van der Waals surface area contributed by atoms with E-state index in [9.17, 15) is 4.39 Å². The molecule has 82 valence electrons. The fourth-order valence-corrected chi connectivity index (χ4v) is 1.98. The maximum Gasteiger partial charge on any atom is 0.165 e. The minimum absolute atomic E-state index is 0.145.